The van der Waals surface area contributed by atoms with Crippen LogP contribution in [0.5, 0.6) is 0 Å². The summed E-state index contributed by atoms with van der Waals surface area (Å²) in [7, 11) is 0. The van der Waals surface area contributed by atoms with Gasteiger partial charge in [0, 0.05) is 0 Å². The van der Waals surface area contributed by atoms with Crippen molar-refractivity contribution in [1.29, 1.82) is 0 Å². The first-order valence-electron chi connectivity index (χ1n) is 5.90. The van der Waals surface area contributed by atoms with Gasteiger partial charge in [-0.25, -0.2) is 14.8 Å². The highest BCUT2D eigenvalue weighted by atomic mass is 16.5. The van der Waals surface area contributed by atoms with Crippen molar-refractivity contribution in [1.82, 2.24) is 9.97 Å². The maximum atomic E-state index is 11.7. The number of nitrogens with zero attached hydrogens (tertiary/aromatic N) is 2. The lowest BCUT2D eigenvalue weighted by Gasteiger charge is -2.08. The lowest BCUT2D eigenvalue weighted by atomic mass is 10.2. The quantitative estimate of drug-likeness (QED) is 0.851. The number of esters is 1. The van der Waals surface area contributed by atoms with Gasteiger partial charge in [-0.2, -0.15) is 0 Å². The number of hydrogen-bond acceptors (Lipinski definition) is 6. The first kappa shape index (κ1) is 13.1. The summed E-state index contributed by atoms with van der Waals surface area (Å²) in [4.78, 5) is 20.1. The van der Waals surface area contributed by atoms with E-state index in [9.17, 15) is 4.79 Å². The van der Waals surface area contributed by atoms with Gasteiger partial charge < -0.3 is 14.9 Å². The van der Waals surface area contributed by atoms with Crippen molar-refractivity contribution in [3.05, 3.63) is 29.2 Å². The van der Waals surface area contributed by atoms with Crippen molar-refractivity contribution in [2.75, 3.05) is 12.3 Å². The first-order valence-corrected chi connectivity index (χ1v) is 5.90. The van der Waals surface area contributed by atoms with Crippen LogP contribution < -0.4 is 5.73 Å². The zero-order chi connectivity index (χ0) is 14.0. The molecule has 0 saturated heterocycles. The SMILES string of the molecule is CCOC(=O)c1c(C)nc(-c2occc2C)nc1N. The normalized spacial score (nSPS) is 10.5. The maximum Gasteiger partial charge on any atom is 0.343 e. The molecule has 0 aliphatic heterocycles. The summed E-state index contributed by atoms with van der Waals surface area (Å²) < 4.78 is 10.2. The van der Waals surface area contributed by atoms with E-state index < -0.39 is 5.97 Å². The molecule has 0 aliphatic rings. The number of furan rings is 1. The second kappa shape index (κ2) is 5.09. The number of ether oxygens (including phenoxy) is 1. The van der Waals surface area contributed by atoms with Gasteiger partial charge in [0.2, 0.25) is 0 Å². The van der Waals surface area contributed by atoms with Gasteiger partial charge in [-0.1, -0.05) is 0 Å². The highest BCUT2D eigenvalue weighted by molar-refractivity contribution is 5.95. The van der Waals surface area contributed by atoms with Crippen molar-refractivity contribution < 1.29 is 13.9 Å². The van der Waals surface area contributed by atoms with E-state index in [1.807, 2.05) is 13.0 Å². The molecule has 0 radical (unpaired) electrons. The van der Waals surface area contributed by atoms with Crippen LogP contribution in [0.25, 0.3) is 11.6 Å². The second-order valence-corrected chi connectivity index (χ2v) is 4.05. The lowest BCUT2D eigenvalue weighted by molar-refractivity contribution is 0.0526. The van der Waals surface area contributed by atoms with Gasteiger partial charge in [0.25, 0.3) is 0 Å². The van der Waals surface area contributed by atoms with E-state index in [2.05, 4.69) is 9.97 Å². The minimum atomic E-state index is -0.514. The Morgan fingerprint density at radius 2 is 2.16 bits per heavy atom. The molecular weight excluding hydrogens is 246 g/mol. The van der Waals surface area contributed by atoms with E-state index in [-0.39, 0.29) is 18.0 Å². The molecule has 0 spiro atoms. The number of hydrogen-bond donors (Lipinski definition) is 1. The summed E-state index contributed by atoms with van der Waals surface area (Å²) in [6, 6.07) is 1.81. The fourth-order valence-electron chi connectivity index (χ4n) is 1.75. The first-order chi connectivity index (χ1) is 9.04. The molecule has 6 nitrogen and oxygen atoms in total. The van der Waals surface area contributed by atoms with E-state index in [0.29, 0.717) is 17.3 Å². The molecular formula is C13H15N3O3. The summed E-state index contributed by atoms with van der Waals surface area (Å²) in [5.74, 6) is 0.493. The predicted octanol–water partition coefficient (Wildman–Crippen LogP) is 2.11. The Hall–Kier alpha value is -2.37. The van der Waals surface area contributed by atoms with Crippen molar-refractivity contribution in [2.45, 2.75) is 20.8 Å². The molecule has 0 aliphatic carbocycles. The van der Waals surface area contributed by atoms with Crippen molar-refractivity contribution in [3.8, 4) is 11.6 Å². The Balaban J connectivity index is 2.48. The van der Waals surface area contributed by atoms with Crippen molar-refractivity contribution in [2.24, 2.45) is 0 Å². The molecule has 100 valence electrons. The van der Waals surface area contributed by atoms with Crippen LogP contribution in [-0.2, 0) is 4.74 Å². The molecule has 2 rings (SSSR count). The van der Waals surface area contributed by atoms with Crippen molar-refractivity contribution >= 4 is 11.8 Å². The predicted molar refractivity (Wildman–Crippen MR) is 69.6 cm³/mol. The standard InChI is InChI=1S/C13H15N3O3/c1-4-18-13(17)9-8(3)15-12(16-11(9)14)10-7(2)5-6-19-10/h5-6H,4H2,1-3H3,(H2,14,15,16). The molecule has 0 saturated carbocycles. The molecule has 0 aromatic carbocycles. The third-order valence-electron chi connectivity index (χ3n) is 2.66. The smallest absolute Gasteiger partial charge is 0.343 e. The molecule has 2 aromatic heterocycles. The average Bonchev–Trinajstić information content (AvgIpc) is 2.74. The average molecular weight is 261 g/mol. The van der Waals surface area contributed by atoms with Crippen LogP contribution in [0.1, 0.15) is 28.5 Å². The van der Waals surface area contributed by atoms with Crippen LogP contribution in [0.2, 0.25) is 0 Å². The van der Waals surface area contributed by atoms with Gasteiger partial charge in [-0.3, -0.25) is 0 Å². The Bertz CT molecular complexity index is 596. The Kier molecular flexibility index (Phi) is 3.50. The summed E-state index contributed by atoms with van der Waals surface area (Å²) in [6.07, 6.45) is 1.55. The van der Waals surface area contributed by atoms with Crippen LogP contribution >= 0.6 is 0 Å². The Morgan fingerprint density at radius 1 is 1.42 bits per heavy atom. The molecule has 0 fully saturated rings. The van der Waals surface area contributed by atoms with Gasteiger partial charge in [0.1, 0.15) is 11.4 Å². The number of rotatable bonds is 3. The highest BCUT2D eigenvalue weighted by Crippen LogP contribution is 2.24. The van der Waals surface area contributed by atoms with Gasteiger partial charge >= 0.3 is 5.97 Å². The monoisotopic (exact) mass is 261 g/mol. The zero-order valence-electron chi connectivity index (χ0n) is 11.1. The molecule has 0 amide bonds. The fourth-order valence-corrected chi connectivity index (χ4v) is 1.75. The lowest BCUT2D eigenvalue weighted by Crippen LogP contribution is -2.13. The third kappa shape index (κ3) is 2.42. The number of carbonyl (C=O) groups is 1. The van der Waals surface area contributed by atoms with E-state index in [1.165, 1.54) is 0 Å². The molecule has 6 heteroatoms. The minimum absolute atomic E-state index is 0.0942. The zero-order valence-corrected chi connectivity index (χ0v) is 11.1. The summed E-state index contributed by atoms with van der Waals surface area (Å²) in [5, 5.41) is 0. The Labute approximate surface area is 110 Å². The van der Waals surface area contributed by atoms with E-state index >= 15 is 0 Å². The summed E-state index contributed by atoms with van der Waals surface area (Å²) >= 11 is 0. The van der Waals surface area contributed by atoms with E-state index in [4.69, 9.17) is 14.9 Å². The topological polar surface area (TPSA) is 91.2 Å². The molecule has 0 bridgehead atoms. The Morgan fingerprint density at radius 3 is 2.68 bits per heavy atom. The van der Waals surface area contributed by atoms with Crippen LogP contribution in [-0.4, -0.2) is 22.5 Å². The van der Waals surface area contributed by atoms with Gasteiger partial charge in [0.05, 0.1) is 18.6 Å². The van der Waals surface area contributed by atoms with E-state index in [0.717, 1.165) is 5.56 Å². The number of nitrogens with two attached hydrogens (primary N) is 1. The molecule has 19 heavy (non-hydrogen) atoms. The number of aromatic nitrogens is 2. The highest BCUT2D eigenvalue weighted by Gasteiger charge is 2.20. The molecule has 0 unspecified atom stereocenters. The number of nitrogen functional groups attached to an aromatic ring is 1. The molecule has 0 atom stereocenters. The van der Waals surface area contributed by atoms with Crippen molar-refractivity contribution in [3.63, 3.8) is 0 Å². The largest absolute Gasteiger partial charge is 0.462 e. The number of aryl methyl sites for hydroxylation is 2. The van der Waals surface area contributed by atoms with Crippen LogP contribution in [0, 0.1) is 13.8 Å². The minimum Gasteiger partial charge on any atom is -0.462 e. The number of carbonyl (C=O) groups excluding carboxylic acids is 1. The summed E-state index contributed by atoms with van der Waals surface area (Å²) in [5.41, 5.74) is 7.39. The van der Waals surface area contributed by atoms with Crippen LogP contribution in [0.15, 0.2) is 16.7 Å². The molecule has 2 N–H and O–H groups in total. The molecule has 2 heterocycles. The second-order valence-electron chi connectivity index (χ2n) is 4.05. The van der Waals surface area contributed by atoms with Crippen LogP contribution in [0.3, 0.4) is 0 Å². The van der Waals surface area contributed by atoms with E-state index in [1.54, 1.807) is 20.1 Å². The third-order valence-corrected chi connectivity index (χ3v) is 2.66. The van der Waals surface area contributed by atoms with Gasteiger partial charge in [0.15, 0.2) is 11.6 Å². The van der Waals surface area contributed by atoms with Crippen LogP contribution in [0.4, 0.5) is 5.82 Å². The molecule has 2 aromatic rings. The number of anilines is 1. The fraction of sp³-hybridized carbons (Fsp3) is 0.308. The summed E-state index contributed by atoms with van der Waals surface area (Å²) in [6.45, 7) is 5.57. The maximum absolute atomic E-state index is 11.7. The van der Waals surface area contributed by atoms with Gasteiger partial charge in [-0.05, 0) is 32.4 Å². The van der Waals surface area contributed by atoms with Gasteiger partial charge in [-0.15, -0.1) is 0 Å².